The third-order valence-electron chi connectivity index (χ3n) is 7.58. The van der Waals surface area contributed by atoms with E-state index in [1.165, 1.54) is 12.1 Å². The second-order valence-corrected chi connectivity index (χ2v) is 10.5. The number of nitrogens with one attached hydrogen (secondary N) is 2. The van der Waals surface area contributed by atoms with Gasteiger partial charge in [-0.2, -0.15) is 0 Å². The quantitative estimate of drug-likeness (QED) is 0.434. The van der Waals surface area contributed by atoms with E-state index in [1.54, 1.807) is 17.2 Å². The molecule has 8 nitrogen and oxygen atoms in total. The van der Waals surface area contributed by atoms with E-state index in [2.05, 4.69) is 20.6 Å². The number of amides is 1. The minimum atomic E-state index is -0.930. The molecule has 1 saturated heterocycles. The SMILES string of the molecule is O=C(CN1Cc2ccc(-c3nc(NC4CCOCC4)ncc3Cl)cc2C1O)NC1CCc2cc(F)ccc21. The highest BCUT2D eigenvalue weighted by Gasteiger charge is 2.32. The van der Waals surface area contributed by atoms with Crippen LogP contribution in [0.2, 0.25) is 5.02 Å². The van der Waals surface area contributed by atoms with Crippen LogP contribution in [0.1, 0.15) is 53.8 Å². The molecule has 0 bridgehead atoms. The molecule has 1 aromatic heterocycles. The first kappa shape index (κ1) is 25.2. The Morgan fingerprint density at radius 3 is 2.82 bits per heavy atom. The zero-order valence-electron chi connectivity index (χ0n) is 20.8. The Morgan fingerprint density at radius 2 is 1.97 bits per heavy atom. The number of anilines is 1. The Kier molecular flexibility index (Phi) is 7.01. The number of hydrogen-bond acceptors (Lipinski definition) is 7. The summed E-state index contributed by atoms with van der Waals surface area (Å²) >= 11 is 6.46. The third-order valence-corrected chi connectivity index (χ3v) is 7.86. The Hall–Kier alpha value is -3.11. The van der Waals surface area contributed by atoms with E-state index in [0.717, 1.165) is 53.5 Å². The molecule has 3 N–H and O–H groups in total. The molecular formula is C28H29ClFN5O3. The number of carbonyl (C=O) groups excluding carboxylic acids is 1. The maximum atomic E-state index is 13.5. The molecule has 2 aliphatic heterocycles. The molecule has 10 heteroatoms. The van der Waals surface area contributed by atoms with Crippen LogP contribution in [0.25, 0.3) is 11.3 Å². The van der Waals surface area contributed by atoms with Gasteiger partial charge in [-0.25, -0.2) is 14.4 Å². The van der Waals surface area contributed by atoms with E-state index in [-0.39, 0.29) is 30.4 Å². The van der Waals surface area contributed by atoms with Crippen LogP contribution in [-0.2, 0) is 22.5 Å². The van der Waals surface area contributed by atoms with Gasteiger partial charge in [-0.3, -0.25) is 9.69 Å². The number of aliphatic hydroxyl groups is 1. The van der Waals surface area contributed by atoms with E-state index in [9.17, 15) is 14.3 Å². The first-order valence-electron chi connectivity index (χ1n) is 12.9. The fourth-order valence-corrected chi connectivity index (χ4v) is 5.80. The molecule has 2 aromatic carbocycles. The summed E-state index contributed by atoms with van der Waals surface area (Å²) in [7, 11) is 0. The van der Waals surface area contributed by atoms with E-state index >= 15 is 0 Å². The maximum absolute atomic E-state index is 13.5. The van der Waals surface area contributed by atoms with Crippen LogP contribution in [0.3, 0.4) is 0 Å². The molecule has 2 atom stereocenters. The molecule has 0 saturated carbocycles. The van der Waals surface area contributed by atoms with Gasteiger partial charge in [-0.1, -0.05) is 29.8 Å². The van der Waals surface area contributed by atoms with Crippen LogP contribution in [0, 0.1) is 5.82 Å². The first-order valence-corrected chi connectivity index (χ1v) is 13.3. The van der Waals surface area contributed by atoms with Crippen LogP contribution in [0.4, 0.5) is 10.3 Å². The molecule has 1 fully saturated rings. The molecule has 0 spiro atoms. The van der Waals surface area contributed by atoms with Crippen LogP contribution in [0.15, 0.2) is 42.6 Å². The molecule has 198 valence electrons. The summed E-state index contributed by atoms with van der Waals surface area (Å²) < 4.78 is 18.9. The van der Waals surface area contributed by atoms with Crippen molar-refractivity contribution in [3.63, 3.8) is 0 Å². The number of carbonyl (C=O) groups is 1. The standard InChI is InChI=1S/C28H29ClFN5O3/c29-23-13-31-28(32-20-7-9-38-10-8-20)34-26(23)17-1-2-18-14-35(27(37)22(18)12-17)15-25(36)33-24-6-3-16-11-19(30)4-5-21(16)24/h1-2,4-5,11-13,20,24,27,37H,3,6-10,14-15H2,(H,33,36)(H,31,32,34). The topological polar surface area (TPSA) is 99.6 Å². The van der Waals surface area contributed by atoms with Crippen molar-refractivity contribution >= 4 is 23.5 Å². The average molecular weight is 538 g/mol. The molecule has 3 aliphatic rings. The van der Waals surface area contributed by atoms with Crippen molar-refractivity contribution in [2.24, 2.45) is 0 Å². The number of hydrogen-bond donors (Lipinski definition) is 3. The van der Waals surface area contributed by atoms with Gasteiger partial charge in [0, 0.05) is 36.9 Å². The number of halogens is 2. The summed E-state index contributed by atoms with van der Waals surface area (Å²) in [6.45, 7) is 1.92. The monoisotopic (exact) mass is 537 g/mol. The lowest BCUT2D eigenvalue weighted by Crippen LogP contribution is -2.37. The third kappa shape index (κ3) is 5.11. The van der Waals surface area contributed by atoms with Gasteiger partial charge in [0.2, 0.25) is 11.9 Å². The van der Waals surface area contributed by atoms with Crippen LogP contribution in [-0.4, -0.2) is 51.7 Å². The smallest absolute Gasteiger partial charge is 0.234 e. The summed E-state index contributed by atoms with van der Waals surface area (Å²) in [5.74, 6) is 0.0666. The van der Waals surface area contributed by atoms with E-state index < -0.39 is 6.23 Å². The zero-order valence-corrected chi connectivity index (χ0v) is 21.5. The minimum Gasteiger partial charge on any atom is -0.381 e. The Labute approximate surface area is 225 Å². The lowest BCUT2D eigenvalue weighted by Gasteiger charge is -2.23. The molecule has 3 heterocycles. The largest absolute Gasteiger partial charge is 0.381 e. The number of fused-ring (bicyclic) bond motifs is 2. The Bertz CT molecular complexity index is 1370. The van der Waals surface area contributed by atoms with Gasteiger partial charge >= 0.3 is 0 Å². The van der Waals surface area contributed by atoms with Gasteiger partial charge in [-0.15, -0.1) is 0 Å². The van der Waals surface area contributed by atoms with Gasteiger partial charge in [0.05, 0.1) is 29.5 Å². The van der Waals surface area contributed by atoms with Crippen molar-refractivity contribution in [1.29, 1.82) is 0 Å². The van der Waals surface area contributed by atoms with E-state index in [4.69, 9.17) is 16.3 Å². The molecule has 0 radical (unpaired) electrons. The van der Waals surface area contributed by atoms with Crippen molar-refractivity contribution in [2.45, 2.75) is 50.5 Å². The number of benzene rings is 2. The average Bonchev–Trinajstić information content (AvgIpc) is 3.45. The number of ether oxygens (including phenoxy) is 1. The molecule has 2 unspecified atom stereocenters. The van der Waals surface area contributed by atoms with E-state index in [1.807, 2.05) is 18.2 Å². The molecule has 1 amide bonds. The van der Waals surface area contributed by atoms with Crippen molar-refractivity contribution < 1.29 is 19.0 Å². The summed E-state index contributed by atoms with van der Waals surface area (Å²) in [5.41, 5.74) is 4.92. The van der Waals surface area contributed by atoms with Crippen LogP contribution >= 0.6 is 11.6 Å². The maximum Gasteiger partial charge on any atom is 0.234 e. The van der Waals surface area contributed by atoms with Crippen molar-refractivity contribution in [3.8, 4) is 11.3 Å². The second-order valence-electron chi connectivity index (χ2n) is 10.1. The highest BCUT2D eigenvalue weighted by Crippen LogP contribution is 2.36. The lowest BCUT2D eigenvalue weighted by atomic mass is 10.0. The predicted molar refractivity (Wildman–Crippen MR) is 141 cm³/mol. The summed E-state index contributed by atoms with van der Waals surface area (Å²) in [5, 5.41) is 17.9. The van der Waals surface area contributed by atoms with Crippen LogP contribution < -0.4 is 10.6 Å². The minimum absolute atomic E-state index is 0.0473. The zero-order chi connectivity index (χ0) is 26.2. The highest BCUT2D eigenvalue weighted by atomic mass is 35.5. The van der Waals surface area contributed by atoms with Crippen molar-refractivity contribution in [3.05, 3.63) is 75.7 Å². The Morgan fingerprint density at radius 1 is 1.13 bits per heavy atom. The molecule has 3 aromatic rings. The number of rotatable bonds is 6. The van der Waals surface area contributed by atoms with Gasteiger partial charge in [0.15, 0.2) is 0 Å². The van der Waals surface area contributed by atoms with Crippen molar-refractivity contribution in [1.82, 2.24) is 20.2 Å². The molecular weight excluding hydrogens is 509 g/mol. The summed E-state index contributed by atoms with van der Waals surface area (Å²) in [4.78, 5) is 23.6. The lowest BCUT2D eigenvalue weighted by molar-refractivity contribution is -0.125. The number of aryl methyl sites for hydroxylation is 1. The predicted octanol–water partition coefficient (Wildman–Crippen LogP) is 4.14. The van der Waals surface area contributed by atoms with Gasteiger partial charge < -0.3 is 20.5 Å². The van der Waals surface area contributed by atoms with Crippen molar-refractivity contribution in [2.75, 3.05) is 25.1 Å². The fraction of sp³-hybridized carbons (Fsp3) is 0.393. The van der Waals surface area contributed by atoms with Crippen LogP contribution in [0.5, 0.6) is 0 Å². The summed E-state index contributed by atoms with van der Waals surface area (Å²) in [6.07, 6.45) is 3.91. The molecule has 38 heavy (non-hydrogen) atoms. The van der Waals surface area contributed by atoms with E-state index in [0.29, 0.717) is 36.4 Å². The molecule has 1 aliphatic carbocycles. The number of nitrogens with zero attached hydrogens (tertiary/aromatic N) is 3. The van der Waals surface area contributed by atoms with Gasteiger partial charge in [0.25, 0.3) is 0 Å². The fourth-order valence-electron chi connectivity index (χ4n) is 5.59. The Balaban J connectivity index is 1.13. The van der Waals surface area contributed by atoms with Gasteiger partial charge in [0.1, 0.15) is 12.0 Å². The highest BCUT2D eigenvalue weighted by molar-refractivity contribution is 6.32. The normalized spacial score (nSPS) is 21.2. The van der Waals surface area contributed by atoms with Gasteiger partial charge in [-0.05, 0) is 60.6 Å². The number of aromatic nitrogens is 2. The number of aliphatic hydroxyl groups excluding tert-OH is 1. The second kappa shape index (κ2) is 10.6. The molecule has 6 rings (SSSR count). The summed E-state index contributed by atoms with van der Waals surface area (Å²) in [6, 6.07) is 10.6. The first-order chi connectivity index (χ1) is 18.4.